The number of benzene rings is 1. The van der Waals surface area contributed by atoms with Gasteiger partial charge < -0.3 is 10.4 Å². The second kappa shape index (κ2) is 6.31. The summed E-state index contributed by atoms with van der Waals surface area (Å²) in [6.07, 6.45) is 2.15. The van der Waals surface area contributed by atoms with Gasteiger partial charge in [-0.2, -0.15) is 11.8 Å². The van der Waals surface area contributed by atoms with Crippen LogP contribution in [0.15, 0.2) is 24.3 Å². The monoisotopic (exact) mass is 293 g/mol. The molecule has 2 N–H and O–H groups in total. The van der Waals surface area contributed by atoms with Crippen molar-refractivity contribution in [1.82, 2.24) is 0 Å². The molecule has 1 aromatic rings. The largest absolute Gasteiger partial charge is 0.481 e. The van der Waals surface area contributed by atoms with Gasteiger partial charge in [0.25, 0.3) is 0 Å². The number of anilines is 1. The van der Waals surface area contributed by atoms with Crippen molar-refractivity contribution in [3.63, 3.8) is 0 Å². The summed E-state index contributed by atoms with van der Waals surface area (Å²) in [6.45, 7) is 1.98. The number of carboxylic acids is 1. The fraction of sp³-hybridized carbons (Fsp3) is 0.467. The van der Waals surface area contributed by atoms with Gasteiger partial charge >= 0.3 is 5.97 Å². The summed E-state index contributed by atoms with van der Waals surface area (Å²) in [5.74, 6) is 0.342. The fourth-order valence-corrected chi connectivity index (χ4v) is 3.33. The van der Waals surface area contributed by atoms with E-state index in [0.29, 0.717) is 5.75 Å². The first-order valence-corrected chi connectivity index (χ1v) is 7.81. The average molecular weight is 293 g/mol. The standard InChI is InChI=1S/C15H19NO3S/c1-11-3-2-4-12(7-11)16-13(17)9-20-10-15(5-6-15)8-14(18)19/h2-4,7H,5-6,8-10H2,1H3,(H,16,17)(H,18,19). The predicted molar refractivity (Wildman–Crippen MR) is 81.1 cm³/mol. The van der Waals surface area contributed by atoms with Crippen molar-refractivity contribution >= 4 is 29.3 Å². The molecule has 1 saturated carbocycles. The van der Waals surface area contributed by atoms with E-state index in [9.17, 15) is 9.59 Å². The van der Waals surface area contributed by atoms with Crippen LogP contribution in [0.25, 0.3) is 0 Å². The Morgan fingerprint density at radius 1 is 1.40 bits per heavy atom. The average Bonchev–Trinajstić information content (AvgIpc) is 3.07. The van der Waals surface area contributed by atoms with E-state index in [1.54, 1.807) is 0 Å². The number of thioether (sulfide) groups is 1. The zero-order valence-electron chi connectivity index (χ0n) is 11.5. The first-order chi connectivity index (χ1) is 9.49. The molecule has 0 saturated heterocycles. The third-order valence-electron chi connectivity index (χ3n) is 3.43. The highest BCUT2D eigenvalue weighted by molar-refractivity contribution is 8.00. The van der Waals surface area contributed by atoms with Crippen LogP contribution in [0, 0.1) is 12.3 Å². The Hall–Kier alpha value is -1.49. The van der Waals surface area contributed by atoms with Gasteiger partial charge in [0, 0.05) is 5.69 Å². The number of nitrogens with one attached hydrogen (secondary N) is 1. The van der Waals surface area contributed by atoms with Crippen LogP contribution in [0.5, 0.6) is 0 Å². The molecule has 0 aliphatic heterocycles. The maximum Gasteiger partial charge on any atom is 0.303 e. The molecule has 1 aliphatic rings. The molecule has 1 aliphatic carbocycles. The van der Waals surface area contributed by atoms with Gasteiger partial charge in [-0.05, 0) is 48.6 Å². The number of aryl methyl sites for hydroxylation is 1. The lowest BCUT2D eigenvalue weighted by molar-refractivity contribution is -0.138. The van der Waals surface area contributed by atoms with Crippen molar-refractivity contribution in [3.8, 4) is 0 Å². The molecule has 0 aromatic heterocycles. The van der Waals surface area contributed by atoms with Crippen molar-refractivity contribution in [2.45, 2.75) is 26.2 Å². The van der Waals surface area contributed by atoms with E-state index in [2.05, 4.69) is 5.32 Å². The Labute approximate surface area is 123 Å². The molecule has 108 valence electrons. The minimum Gasteiger partial charge on any atom is -0.481 e. The molecule has 0 atom stereocenters. The van der Waals surface area contributed by atoms with Crippen LogP contribution in [0.4, 0.5) is 5.69 Å². The lowest BCUT2D eigenvalue weighted by Gasteiger charge is -2.11. The molecule has 20 heavy (non-hydrogen) atoms. The summed E-state index contributed by atoms with van der Waals surface area (Å²) in [4.78, 5) is 22.5. The van der Waals surface area contributed by atoms with Crippen LogP contribution in [0.3, 0.4) is 0 Å². The molecule has 0 unspecified atom stereocenters. The fourth-order valence-electron chi connectivity index (χ4n) is 2.15. The zero-order chi connectivity index (χ0) is 14.6. The van der Waals surface area contributed by atoms with Crippen LogP contribution in [0.2, 0.25) is 0 Å². The highest BCUT2D eigenvalue weighted by Gasteiger charge is 2.44. The van der Waals surface area contributed by atoms with Gasteiger partial charge in [-0.3, -0.25) is 9.59 Å². The molecule has 2 rings (SSSR count). The first-order valence-electron chi connectivity index (χ1n) is 6.65. The highest BCUT2D eigenvalue weighted by atomic mass is 32.2. The zero-order valence-corrected chi connectivity index (χ0v) is 12.3. The highest BCUT2D eigenvalue weighted by Crippen LogP contribution is 2.50. The molecule has 0 spiro atoms. The van der Waals surface area contributed by atoms with Gasteiger partial charge in [-0.1, -0.05) is 12.1 Å². The number of carboxylic acid groups (broad SMARTS) is 1. The van der Waals surface area contributed by atoms with E-state index >= 15 is 0 Å². The smallest absolute Gasteiger partial charge is 0.303 e. The first kappa shape index (κ1) is 14.9. The topological polar surface area (TPSA) is 66.4 Å². The van der Waals surface area contributed by atoms with Gasteiger partial charge in [0.15, 0.2) is 0 Å². The summed E-state index contributed by atoms with van der Waals surface area (Å²) in [7, 11) is 0. The summed E-state index contributed by atoms with van der Waals surface area (Å²) >= 11 is 1.52. The molecule has 0 heterocycles. The Balaban J connectivity index is 1.72. The number of carbonyl (C=O) groups is 2. The van der Waals surface area contributed by atoms with Crippen molar-refractivity contribution < 1.29 is 14.7 Å². The second-order valence-corrected chi connectivity index (χ2v) is 6.47. The summed E-state index contributed by atoms with van der Waals surface area (Å²) < 4.78 is 0. The van der Waals surface area contributed by atoms with E-state index in [4.69, 9.17) is 5.11 Å². The maximum atomic E-state index is 11.8. The minimum absolute atomic E-state index is 0.0354. The normalized spacial score (nSPS) is 15.7. The summed E-state index contributed by atoms with van der Waals surface area (Å²) in [6, 6.07) is 7.68. The van der Waals surface area contributed by atoms with Gasteiger partial charge in [0.1, 0.15) is 0 Å². The van der Waals surface area contributed by atoms with Crippen molar-refractivity contribution in [1.29, 1.82) is 0 Å². The van der Waals surface area contributed by atoms with Crippen molar-refractivity contribution in [2.75, 3.05) is 16.8 Å². The van der Waals surface area contributed by atoms with E-state index in [1.807, 2.05) is 31.2 Å². The number of amides is 1. The van der Waals surface area contributed by atoms with Crippen molar-refractivity contribution in [3.05, 3.63) is 29.8 Å². The maximum absolute atomic E-state index is 11.8. The van der Waals surface area contributed by atoms with E-state index in [-0.39, 0.29) is 17.7 Å². The van der Waals surface area contributed by atoms with Gasteiger partial charge in [-0.15, -0.1) is 0 Å². The SMILES string of the molecule is Cc1cccc(NC(=O)CSCC2(CC(=O)O)CC2)c1. The van der Waals surface area contributed by atoms with Crippen LogP contribution in [-0.2, 0) is 9.59 Å². The number of hydrogen-bond donors (Lipinski definition) is 2. The molecular formula is C15H19NO3S. The number of rotatable bonds is 7. The van der Waals surface area contributed by atoms with Gasteiger partial charge in [0.05, 0.1) is 12.2 Å². The van der Waals surface area contributed by atoms with Gasteiger partial charge in [0.2, 0.25) is 5.91 Å². The lowest BCUT2D eigenvalue weighted by Crippen LogP contribution is -2.17. The molecule has 0 radical (unpaired) electrons. The molecule has 1 amide bonds. The third-order valence-corrected chi connectivity index (χ3v) is 4.71. The minimum atomic E-state index is -0.743. The Bertz CT molecular complexity index is 512. The predicted octanol–water partition coefficient (Wildman–Crippen LogP) is 2.92. The van der Waals surface area contributed by atoms with Crippen LogP contribution < -0.4 is 5.32 Å². The quantitative estimate of drug-likeness (QED) is 0.811. The Morgan fingerprint density at radius 2 is 2.15 bits per heavy atom. The molecule has 1 aromatic carbocycles. The van der Waals surface area contributed by atoms with Crippen LogP contribution in [0.1, 0.15) is 24.8 Å². The molecular weight excluding hydrogens is 274 g/mol. The molecule has 1 fully saturated rings. The molecule has 0 bridgehead atoms. The van der Waals surface area contributed by atoms with Crippen LogP contribution >= 0.6 is 11.8 Å². The lowest BCUT2D eigenvalue weighted by atomic mass is 10.1. The van der Waals surface area contributed by atoms with Crippen LogP contribution in [-0.4, -0.2) is 28.5 Å². The third kappa shape index (κ3) is 4.56. The van der Waals surface area contributed by atoms with Gasteiger partial charge in [-0.25, -0.2) is 0 Å². The number of aliphatic carboxylic acids is 1. The summed E-state index contributed by atoms with van der Waals surface area (Å²) in [5.41, 5.74) is 1.86. The second-order valence-electron chi connectivity index (χ2n) is 5.48. The van der Waals surface area contributed by atoms with Crippen molar-refractivity contribution in [2.24, 2.45) is 5.41 Å². The molecule has 4 nitrogen and oxygen atoms in total. The molecule has 5 heteroatoms. The Kier molecular flexibility index (Phi) is 4.70. The van der Waals surface area contributed by atoms with E-state index in [0.717, 1.165) is 29.8 Å². The van der Waals surface area contributed by atoms with E-state index < -0.39 is 5.97 Å². The van der Waals surface area contributed by atoms with E-state index in [1.165, 1.54) is 11.8 Å². The number of carbonyl (C=O) groups excluding carboxylic acids is 1. The Morgan fingerprint density at radius 3 is 2.75 bits per heavy atom. The number of hydrogen-bond acceptors (Lipinski definition) is 3. The summed E-state index contributed by atoms with van der Waals surface area (Å²) in [5, 5.41) is 11.7.